The van der Waals surface area contributed by atoms with Crippen molar-refractivity contribution in [3.05, 3.63) is 11.6 Å². The van der Waals surface area contributed by atoms with E-state index in [1.54, 1.807) is 20.8 Å². The van der Waals surface area contributed by atoms with Gasteiger partial charge in [0.15, 0.2) is 0 Å². The first-order chi connectivity index (χ1) is 11.3. The van der Waals surface area contributed by atoms with Crippen LogP contribution < -0.4 is 0 Å². The third kappa shape index (κ3) is 3.62. The van der Waals surface area contributed by atoms with E-state index in [9.17, 15) is 24.0 Å². The summed E-state index contributed by atoms with van der Waals surface area (Å²) in [4.78, 5) is 66.1. The second kappa shape index (κ2) is 6.09. The molecule has 0 bridgehead atoms. The fourth-order valence-electron chi connectivity index (χ4n) is 2.69. The molecule has 0 atom stereocenters. The third-order valence-electron chi connectivity index (χ3n) is 4.03. The van der Waals surface area contributed by atoms with Crippen LogP contribution in [0.5, 0.6) is 0 Å². The molecule has 0 aromatic rings. The molecule has 0 aromatic carbocycles. The maximum atomic E-state index is 12.5. The molecular formula is C17H22N2O6. The molecule has 1 saturated heterocycles. The van der Waals surface area contributed by atoms with Gasteiger partial charge in [-0.3, -0.25) is 24.1 Å². The normalized spacial score (nSPS) is 19.0. The highest BCUT2D eigenvalue weighted by Crippen LogP contribution is 2.33. The lowest BCUT2D eigenvalue weighted by atomic mass is 9.85. The number of hydrogen-bond acceptors (Lipinski definition) is 6. The zero-order valence-electron chi connectivity index (χ0n) is 15.0. The van der Waals surface area contributed by atoms with Gasteiger partial charge in [-0.15, -0.1) is 5.06 Å². The molecule has 8 heteroatoms. The van der Waals surface area contributed by atoms with Crippen molar-refractivity contribution < 1.29 is 28.8 Å². The standard InChI is InChI=1S/C17H22N2O6/c1-16(2,3)18-13(22)8-10(14(18)23)9-17(4,5)15(24)25-19-11(20)6-7-12(19)21/h8H,6-7,9H2,1-5H3. The van der Waals surface area contributed by atoms with Crippen LogP contribution in [0.1, 0.15) is 53.9 Å². The van der Waals surface area contributed by atoms with Gasteiger partial charge in [-0.1, -0.05) is 0 Å². The molecular weight excluding hydrogens is 328 g/mol. The monoisotopic (exact) mass is 350 g/mol. The molecule has 2 rings (SSSR count). The molecule has 2 heterocycles. The highest BCUT2D eigenvalue weighted by Gasteiger charge is 2.43. The summed E-state index contributed by atoms with van der Waals surface area (Å²) in [7, 11) is 0. The molecule has 4 amide bonds. The van der Waals surface area contributed by atoms with Crippen LogP contribution in [0.15, 0.2) is 11.6 Å². The van der Waals surface area contributed by atoms with Gasteiger partial charge >= 0.3 is 5.97 Å². The van der Waals surface area contributed by atoms with Crippen molar-refractivity contribution in [1.29, 1.82) is 0 Å². The van der Waals surface area contributed by atoms with Crippen LogP contribution in [0, 0.1) is 5.41 Å². The molecule has 1 fully saturated rings. The molecule has 25 heavy (non-hydrogen) atoms. The number of rotatable bonds is 4. The topological polar surface area (TPSA) is 101 Å². The average Bonchev–Trinajstić information content (AvgIpc) is 2.91. The Labute approximate surface area is 145 Å². The summed E-state index contributed by atoms with van der Waals surface area (Å²) in [6.45, 7) is 8.27. The van der Waals surface area contributed by atoms with Gasteiger partial charge in [0, 0.05) is 30.0 Å². The Hall–Kier alpha value is -2.51. The lowest BCUT2D eigenvalue weighted by Gasteiger charge is -2.31. The first-order valence-corrected chi connectivity index (χ1v) is 8.02. The lowest BCUT2D eigenvalue weighted by molar-refractivity contribution is -0.204. The van der Waals surface area contributed by atoms with Crippen LogP contribution in [0.4, 0.5) is 0 Å². The van der Waals surface area contributed by atoms with E-state index in [1.807, 2.05) is 0 Å². The van der Waals surface area contributed by atoms with E-state index in [-0.39, 0.29) is 24.8 Å². The highest BCUT2D eigenvalue weighted by atomic mass is 16.7. The van der Waals surface area contributed by atoms with Crippen molar-refractivity contribution in [3.63, 3.8) is 0 Å². The van der Waals surface area contributed by atoms with Gasteiger partial charge in [0.05, 0.1) is 5.41 Å². The predicted molar refractivity (Wildman–Crippen MR) is 85.3 cm³/mol. The molecule has 0 saturated carbocycles. The van der Waals surface area contributed by atoms with Crippen molar-refractivity contribution in [2.24, 2.45) is 5.41 Å². The van der Waals surface area contributed by atoms with E-state index in [0.717, 1.165) is 4.90 Å². The number of carbonyl (C=O) groups is 5. The van der Waals surface area contributed by atoms with E-state index < -0.39 is 40.6 Å². The van der Waals surface area contributed by atoms with E-state index in [2.05, 4.69) is 0 Å². The third-order valence-corrected chi connectivity index (χ3v) is 4.03. The molecule has 2 aliphatic heterocycles. The smallest absolute Gasteiger partial charge is 0.330 e. The van der Waals surface area contributed by atoms with Crippen LogP contribution in [-0.2, 0) is 28.8 Å². The molecule has 0 aromatic heterocycles. The van der Waals surface area contributed by atoms with Crippen molar-refractivity contribution >= 4 is 29.6 Å². The summed E-state index contributed by atoms with van der Waals surface area (Å²) >= 11 is 0. The Balaban J connectivity index is 2.11. The van der Waals surface area contributed by atoms with E-state index in [0.29, 0.717) is 5.06 Å². The molecule has 0 spiro atoms. The van der Waals surface area contributed by atoms with Crippen LogP contribution in [0.25, 0.3) is 0 Å². The minimum Gasteiger partial charge on any atom is -0.330 e. The zero-order chi connectivity index (χ0) is 19.2. The largest absolute Gasteiger partial charge is 0.339 e. The summed E-state index contributed by atoms with van der Waals surface area (Å²) in [5.74, 6) is -2.83. The second-order valence-electron chi connectivity index (χ2n) is 7.84. The number of nitrogens with zero attached hydrogens (tertiary/aromatic N) is 2. The van der Waals surface area contributed by atoms with Crippen molar-refractivity contribution in [2.45, 2.75) is 59.4 Å². The quantitative estimate of drug-likeness (QED) is 0.704. The summed E-state index contributed by atoms with van der Waals surface area (Å²) in [5, 5.41) is 0.474. The average molecular weight is 350 g/mol. The molecule has 0 N–H and O–H groups in total. The van der Waals surface area contributed by atoms with Gasteiger partial charge in [0.25, 0.3) is 23.6 Å². The molecule has 8 nitrogen and oxygen atoms in total. The summed E-state index contributed by atoms with van der Waals surface area (Å²) in [6.07, 6.45) is 1.18. The van der Waals surface area contributed by atoms with Crippen LogP contribution in [-0.4, -0.2) is 45.1 Å². The predicted octanol–water partition coefficient (Wildman–Crippen LogP) is 1.10. The van der Waals surface area contributed by atoms with Crippen molar-refractivity contribution in [1.82, 2.24) is 9.96 Å². The van der Waals surface area contributed by atoms with Gasteiger partial charge < -0.3 is 4.84 Å². The Morgan fingerprint density at radius 3 is 2.00 bits per heavy atom. The maximum Gasteiger partial charge on any atom is 0.339 e. The maximum absolute atomic E-state index is 12.5. The minimum absolute atomic E-state index is 0.00518. The molecule has 0 aliphatic carbocycles. The number of imide groups is 2. The van der Waals surface area contributed by atoms with E-state index >= 15 is 0 Å². The lowest BCUT2D eigenvalue weighted by Crippen LogP contribution is -2.46. The second-order valence-corrected chi connectivity index (χ2v) is 7.84. The molecule has 0 radical (unpaired) electrons. The van der Waals surface area contributed by atoms with Crippen LogP contribution in [0.2, 0.25) is 0 Å². The summed E-state index contributed by atoms with van der Waals surface area (Å²) in [6, 6.07) is 0. The van der Waals surface area contributed by atoms with Gasteiger partial charge in [0.1, 0.15) is 0 Å². The fourth-order valence-corrected chi connectivity index (χ4v) is 2.69. The highest BCUT2D eigenvalue weighted by molar-refractivity contribution is 6.17. The molecule has 136 valence electrons. The minimum atomic E-state index is -1.20. The van der Waals surface area contributed by atoms with Gasteiger partial charge in [0.2, 0.25) is 0 Å². The van der Waals surface area contributed by atoms with Crippen molar-refractivity contribution in [3.8, 4) is 0 Å². The van der Waals surface area contributed by atoms with Crippen molar-refractivity contribution in [2.75, 3.05) is 0 Å². The van der Waals surface area contributed by atoms with Gasteiger partial charge in [-0.25, -0.2) is 4.79 Å². The first-order valence-electron chi connectivity index (χ1n) is 8.02. The van der Waals surface area contributed by atoms with E-state index in [4.69, 9.17) is 4.84 Å². The van der Waals surface area contributed by atoms with Gasteiger partial charge in [-0.2, -0.15) is 0 Å². The zero-order valence-corrected chi connectivity index (χ0v) is 15.0. The summed E-state index contributed by atoms with van der Waals surface area (Å²) < 4.78 is 0. The van der Waals surface area contributed by atoms with Crippen LogP contribution in [0.3, 0.4) is 0 Å². The Morgan fingerprint density at radius 2 is 1.56 bits per heavy atom. The number of hydroxylamine groups is 2. The number of hydrogen-bond donors (Lipinski definition) is 0. The molecule has 2 aliphatic rings. The Morgan fingerprint density at radius 1 is 1.04 bits per heavy atom. The van der Waals surface area contributed by atoms with E-state index in [1.165, 1.54) is 19.9 Å². The van der Waals surface area contributed by atoms with Gasteiger partial charge in [-0.05, 0) is 41.0 Å². The fraction of sp³-hybridized carbons (Fsp3) is 0.588. The number of amides is 4. The number of carbonyl (C=O) groups excluding carboxylic acids is 5. The summed E-state index contributed by atoms with van der Waals surface area (Å²) in [5.41, 5.74) is -1.68. The Kier molecular flexibility index (Phi) is 4.59. The Bertz CT molecular complexity index is 682. The first kappa shape index (κ1) is 18.8. The molecule has 0 unspecified atom stereocenters. The SMILES string of the molecule is CC(C)(CC1=CC(=O)N(C(C)(C)C)C1=O)C(=O)ON1C(=O)CCC1=O. The van der Waals surface area contributed by atoms with Crippen LogP contribution >= 0.6 is 0 Å².